The Bertz CT molecular complexity index is 756. The van der Waals surface area contributed by atoms with E-state index >= 15 is 0 Å². The van der Waals surface area contributed by atoms with Crippen LogP contribution in [0, 0.1) is 6.92 Å². The van der Waals surface area contributed by atoms with Gasteiger partial charge in [0.05, 0.1) is 18.6 Å². The maximum atomic E-state index is 12.5. The second-order valence-electron chi connectivity index (χ2n) is 5.67. The first-order chi connectivity index (χ1) is 10.6. The SMILES string of the molecule is CCn1cncc1CNC(=O)c1c(C)ccn(C2CC2)c1=O. The molecule has 0 aromatic carbocycles. The summed E-state index contributed by atoms with van der Waals surface area (Å²) < 4.78 is 3.64. The van der Waals surface area contributed by atoms with Gasteiger partial charge in [0.15, 0.2) is 0 Å². The number of amides is 1. The molecule has 0 spiro atoms. The van der Waals surface area contributed by atoms with Crippen molar-refractivity contribution in [2.75, 3.05) is 0 Å². The van der Waals surface area contributed by atoms with E-state index in [0.29, 0.717) is 12.1 Å². The first-order valence-electron chi connectivity index (χ1n) is 7.60. The van der Waals surface area contributed by atoms with Crippen LogP contribution >= 0.6 is 0 Å². The van der Waals surface area contributed by atoms with Crippen LogP contribution in [0.3, 0.4) is 0 Å². The van der Waals surface area contributed by atoms with Gasteiger partial charge in [-0.05, 0) is 38.3 Å². The van der Waals surface area contributed by atoms with E-state index in [1.54, 1.807) is 30.2 Å². The Morgan fingerprint density at radius 3 is 2.91 bits per heavy atom. The number of hydrogen-bond acceptors (Lipinski definition) is 3. The minimum atomic E-state index is -0.318. The summed E-state index contributed by atoms with van der Waals surface area (Å²) in [6.45, 7) is 4.97. The molecule has 3 rings (SSSR count). The van der Waals surface area contributed by atoms with E-state index in [1.807, 2.05) is 17.6 Å². The molecule has 1 amide bonds. The van der Waals surface area contributed by atoms with Crippen LogP contribution in [-0.2, 0) is 13.1 Å². The molecule has 0 unspecified atom stereocenters. The number of pyridine rings is 1. The number of nitrogens with one attached hydrogen (secondary N) is 1. The van der Waals surface area contributed by atoms with Crippen LogP contribution in [-0.4, -0.2) is 20.0 Å². The number of carbonyl (C=O) groups is 1. The number of hydrogen-bond donors (Lipinski definition) is 1. The molecule has 0 radical (unpaired) electrons. The van der Waals surface area contributed by atoms with Crippen molar-refractivity contribution in [1.82, 2.24) is 19.4 Å². The average Bonchev–Trinajstić information content (AvgIpc) is 3.23. The molecule has 0 saturated heterocycles. The van der Waals surface area contributed by atoms with Gasteiger partial charge in [0.1, 0.15) is 5.56 Å². The third kappa shape index (κ3) is 2.68. The highest BCUT2D eigenvalue weighted by Crippen LogP contribution is 2.33. The summed E-state index contributed by atoms with van der Waals surface area (Å²) in [7, 11) is 0. The number of nitrogens with zero attached hydrogens (tertiary/aromatic N) is 3. The molecular formula is C16H20N4O2. The molecule has 0 atom stereocenters. The minimum Gasteiger partial charge on any atom is -0.346 e. The van der Waals surface area contributed by atoms with Crippen molar-refractivity contribution in [3.63, 3.8) is 0 Å². The molecule has 1 aliphatic rings. The van der Waals surface area contributed by atoms with Gasteiger partial charge in [-0.25, -0.2) is 4.98 Å². The third-order valence-electron chi connectivity index (χ3n) is 4.06. The van der Waals surface area contributed by atoms with Crippen LogP contribution in [0.5, 0.6) is 0 Å². The Morgan fingerprint density at radius 2 is 2.23 bits per heavy atom. The van der Waals surface area contributed by atoms with Crippen molar-refractivity contribution >= 4 is 5.91 Å². The highest BCUT2D eigenvalue weighted by Gasteiger charge is 2.26. The number of imidazole rings is 1. The summed E-state index contributed by atoms with van der Waals surface area (Å²) in [5.74, 6) is -0.318. The van der Waals surface area contributed by atoms with Gasteiger partial charge in [0.2, 0.25) is 0 Å². The minimum absolute atomic E-state index is 0.191. The van der Waals surface area contributed by atoms with E-state index in [2.05, 4.69) is 10.3 Å². The van der Waals surface area contributed by atoms with Crippen LogP contribution in [0.2, 0.25) is 0 Å². The summed E-state index contributed by atoms with van der Waals surface area (Å²) in [4.78, 5) is 29.0. The van der Waals surface area contributed by atoms with Gasteiger partial charge < -0.3 is 14.5 Å². The molecule has 6 heteroatoms. The van der Waals surface area contributed by atoms with Crippen molar-refractivity contribution in [3.8, 4) is 0 Å². The number of carbonyl (C=O) groups excluding carboxylic acids is 1. The molecule has 1 fully saturated rings. The van der Waals surface area contributed by atoms with Gasteiger partial charge in [0.25, 0.3) is 11.5 Å². The van der Waals surface area contributed by atoms with E-state index in [-0.39, 0.29) is 23.1 Å². The van der Waals surface area contributed by atoms with Crippen molar-refractivity contribution in [2.45, 2.75) is 45.8 Å². The van der Waals surface area contributed by atoms with Gasteiger partial charge in [-0.15, -0.1) is 0 Å². The second kappa shape index (κ2) is 5.79. The predicted octanol–water partition coefficient (Wildman–Crippen LogP) is 1.64. The lowest BCUT2D eigenvalue weighted by atomic mass is 10.1. The number of aromatic nitrogens is 3. The summed E-state index contributed by atoms with van der Waals surface area (Å²) in [5, 5.41) is 2.83. The number of rotatable bonds is 5. The smallest absolute Gasteiger partial charge is 0.263 e. The van der Waals surface area contributed by atoms with Gasteiger partial charge in [0, 0.05) is 25.0 Å². The maximum Gasteiger partial charge on any atom is 0.263 e. The normalized spacial score (nSPS) is 14.1. The molecule has 22 heavy (non-hydrogen) atoms. The van der Waals surface area contributed by atoms with Gasteiger partial charge in [-0.1, -0.05) is 0 Å². The first kappa shape index (κ1) is 14.6. The molecule has 2 aromatic heterocycles. The zero-order chi connectivity index (χ0) is 15.7. The van der Waals surface area contributed by atoms with Crippen molar-refractivity contribution in [1.29, 1.82) is 0 Å². The lowest BCUT2D eigenvalue weighted by Crippen LogP contribution is -2.33. The summed E-state index contributed by atoms with van der Waals surface area (Å²) in [6, 6.07) is 2.10. The highest BCUT2D eigenvalue weighted by atomic mass is 16.2. The zero-order valence-corrected chi connectivity index (χ0v) is 12.9. The average molecular weight is 300 g/mol. The van der Waals surface area contributed by atoms with E-state index < -0.39 is 0 Å². The fourth-order valence-corrected chi connectivity index (χ4v) is 2.60. The number of aryl methyl sites for hydroxylation is 2. The fraction of sp³-hybridized carbons (Fsp3) is 0.438. The summed E-state index contributed by atoms with van der Waals surface area (Å²) >= 11 is 0. The van der Waals surface area contributed by atoms with Crippen LogP contribution in [0.15, 0.2) is 29.6 Å². The van der Waals surface area contributed by atoms with Gasteiger partial charge in [-0.3, -0.25) is 9.59 Å². The van der Waals surface area contributed by atoms with Crippen LogP contribution in [0.25, 0.3) is 0 Å². The highest BCUT2D eigenvalue weighted by molar-refractivity contribution is 5.95. The first-order valence-corrected chi connectivity index (χ1v) is 7.60. The van der Waals surface area contributed by atoms with Crippen LogP contribution < -0.4 is 10.9 Å². The molecule has 0 aliphatic heterocycles. The predicted molar refractivity (Wildman–Crippen MR) is 82.8 cm³/mol. The molecular weight excluding hydrogens is 280 g/mol. The topological polar surface area (TPSA) is 68.9 Å². The summed E-state index contributed by atoms with van der Waals surface area (Å²) in [5.41, 5.74) is 1.69. The Balaban J connectivity index is 1.80. The van der Waals surface area contributed by atoms with E-state index in [0.717, 1.165) is 25.1 Å². The molecule has 116 valence electrons. The lowest BCUT2D eigenvalue weighted by Gasteiger charge is -2.11. The Morgan fingerprint density at radius 1 is 1.45 bits per heavy atom. The van der Waals surface area contributed by atoms with E-state index in [1.165, 1.54) is 0 Å². The summed E-state index contributed by atoms with van der Waals surface area (Å²) in [6.07, 6.45) is 7.27. The molecule has 2 heterocycles. The second-order valence-corrected chi connectivity index (χ2v) is 5.67. The maximum absolute atomic E-state index is 12.5. The van der Waals surface area contributed by atoms with Crippen molar-refractivity contribution in [2.24, 2.45) is 0 Å². The van der Waals surface area contributed by atoms with E-state index in [9.17, 15) is 9.59 Å². The van der Waals surface area contributed by atoms with Gasteiger partial charge in [-0.2, -0.15) is 0 Å². The zero-order valence-electron chi connectivity index (χ0n) is 12.9. The Labute approximate surface area is 128 Å². The third-order valence-corrected chi connectivity index (χ3v) is 4.06. The largest absolute Gasteiger partial charge is 0.346 e. The Hall–Kier alpha value is -2.37. The fourth-order valence-electron chi connectivity index (χ4n) is 2.60. The molecule has 0 bridgehead atoms. The van der Waals surface area contributed by atoms with Crippen LogP contribution in [0.4, 0.5) is 0 Å². The molecule has 2 aromatic rings. The van der Waals surface area contributed by atoms with Gasteiger partial charge >= 0.3 is 0 Å². The van der Waals surface area contributed by atoms with Crippen molar-refractivity contribution < 1.29 is 4.79 Å². The molecule has 1 aliphatic carbocycles. The molecule has 1 N–H and O–H groups in total. The molecule has 1 saturated carbocycles. The Kier molecular flexibility index (Phi) is 3.83. The molecule has 6 nitrogen and oxygen atoms in total. The van der Waals surface area contributed by atoms with Crippen LogP contribution in [0.1, 0.15) is 47.4 Å². The standard InChI is InChI=1S/C16H20N4O2/c1-3-19-10-17-8-13(19)9-18-15(21)14-11(2)6-7-20(16(14)22)12-4-5-12/h6-8,10,12H,3-5,9H2,1-2H3,(H,18,21). The van der Waals surface area contributed by atoms with E-state index in [4.69, 9.17) is 0 Å². The monoisotopic (exact) mass is 300 g/mol. The van der Waals surface area contributed by atoms with Crippen molar-refractivity contribution in [3.05, 3.63) is 52.0 Å². The lowest BCUT2D eigenvalue weighted by molar-refractivity contribution is 0.0947. The quantitative estimate of drug-likeness (QED) is 0.912.